The van der Waals surface area contributed by atoms with Gasteiger partial charge in [0.2, 0.25) is 0 Å². The maximum absolute atomic E-state index is 12.3. The second kappa shape index (κ2) is 4.77. The molecule has 0 aromatic carbocycles. The molecule has 1 aromatic rings. The lowest BCUT2D eigenvalue weighted by Crippen LogP contribution is -2.52. The van der Waals surface area contributed by atoms with Gasteiger partial charge in [0.1, 0.15) is 5.69 Å². The number of methoxy groups -OCH3 is 1. The van der Waals surface area contributed by atoms with Crippen LogP contribution in [0.25, 0.3) is 0 Å². The molecule has 2 N–H and O–H groups in total. The molecule has 1 saturated heterocycles. The Morgan fingerprint density at radius 1 is 1.58 bits per heavy atom. The fraction of sp³-hybridized carbons (Fsp3) is 0.615. The molecule has 1 aliphatic carbocycles. The molecule has 6 heteroatoms. The van der Waals surface area contributed by atoms with Crippen LogP contribution in [-0.4, -0.2) is 41.1 Å². The number of rotatable bonds is 3. The highest BCUT2D eigenvalue weighted by Crippen LogP contribution is 2.36. The van der Waals surface area contributed by atoms with Crippen LogP contribution in [0, 0.1) is 0 Å². The van der Waals surface area contributed by atoms with Crippen LogP contribution in [0.5, 0.6) is 6.01 Å². The van der Waals surface area contributed by atoms with Gasteiger partial charge in [0.05, 0.1) is 12.6 Å². The Morgan fingerprint density at radius 3 is 3.32 bits per heavy atom. The third-order valence-corrected chi connectivity index (χ3v) is 4.16. The quantitative estimate of drug-likeness (QED) is 0.829. The van der Waals surface area contributed by atoms with Gasteiger partial charge in [-0.2, -0.15) is 4.98 Å². The normalized spacial score (nSPS) is 29.0. The van der Waals surface area contributed by atoms with E-state index in [1.807, 2.05) is 0 Å². The monoisotopic (exact) mass is 262 g/mol. The van der Waals surface area contributed by atoms with Gasteiger partial charge in [-0.15, -0.1) is 0 Å². The van der Waals surface area contributed by atoms with Crippen molar-refractivity contribution in [2.75, 3.05) is 13.7 Å². The summed E-state index contributed by atoms with van der Waals surface area (Å²) in [6, 6.07) is 2.23. The van der Waals surface area contributed by atoms with Crippen molar-refractivity contribution in [3.63, 3.8) is 0 Å². The molecule has 0 spiro atoms. The molecule has 2 atom stereocenters. The Morgan fingerprint density at radius 2 is 2.47 bits per heavy atom. The number of nitrogens with zero attached hydrogens (tertiary/aromatic N) is 2. The van der Waals surface area contributed by atoms with E-state index in [2.05, 4.69) is 20.6 Å². The molecular formula is C13H18N4O2. The molecule has 1 amide bonds. The number of nitrogens with one attached hydrogen (secondary N) is 2. The summed E-state index contributed by atoms with van der Waals surface area (Å²) in [5.74, 6) is -0.142. The first kappa shape index (κ1) is 12.3. The molecule has 2 aliphatic rings. The highest BCUT2D eigenvalue weighted by atomic mass is 16.5. The van der Waals surface area contributed by atoms with E-state index in [0.717, 1.165) is 32.2 Å². The number of carbonyl (C=O) groups is 1. The maximum Gasteiger partial charge on any atom is 0.316 e. The van der Waals surface area contributed by atoms with E-state index in [4.69, 9.17) is 4.74 Å². The summed E-state index contributed by atoms with van der Waals surface area (Å²) < 4.78 is 4.95. The van der Waals surface area contributed by atoms with E-state index < -0.39 is 0 Å². The highest BCUT2D eigenvalue weighted by molar-refractivity contribution is 5.93. The lowest BCUT2D eigenvalue weighted by molar-refractivity contribution is 0.0891. The Labute approximate surface area is 112 Å². The van der Waals surface area contributed by atoms with E-state index in [1.54, 1.807) is 6.07 Å². The SMILES string of the molecule is COc1nccc(C(=O)NC23CCCC2NCC3)n1. The van der Waals surface area contributed by atoms with E-state index in [0.29, 0.717) is 11.7 Å². The standard InChI is InChI=1S/C13H18N4O2/c1-19-12-15-7-4-9(16-12)11(18)17-13-5-2-3-10(13)14-8-6-13/h4,7,10,14H,2-3,5-6,8H2,1H3,(H,17,18). The number of amides is 1. The van der Waals surface area contributed by atoms with Gasteiger partial charge < -0.3 is 15.4 Å². The van der Waals surface area contributed by atoms with Gasteiger partial charge >= 0.3 is 6.01 Å². The minimum absolute atomic E-state index is 0.0880. The van der Waals surface area contributed by atoms with Crippen molar-refractivity contribution in [3.8, 4) is 6.01 Å². The number of carbonyl (C=O) groups excluding carboxylic acids is 1. The zero-order valence-corrected chi connectivity index (χ0v) is 11.0. The van der Waals surface area contributed by atoms with E-state index in [9.17, 15) is 4.79 Å². The lowest BCUT2D eigenvalue weighted by atomic mass is 9.93. The van der Waals surface area contributed by atoms with Crippen molar-refractivity contribution in [1.29, 1.82) is 0 Å². The van der Waals surface area contributed by atoms with E-state index in [-0.39, 0.29) is 17.5 Å². The van der Waals surface area contributed by atoms with Crippen LogP contribution in [0.15, 0.2) is 12.3 Å². The van der Waals surface area contributed by atoms with Crippen molar-refractivity contribution in [2.24, 2.45) is 0 Å². The fourth-order valence-electron chi connectivity index (χ4n) is 3.21. The maximum atomic E-state index is 12.3. The summed E-state index contributed by atoms with van der Waals surface area (Å²) in [7, 11) is 1.49. The minimum atomic E-state index is -0.142. The molecule has 0 bridgehead atoms. The van der Waals surface area contributed by atoms with Crippen LogP contribution < -0.4 is 15.4 Å². The van der Waals surface area contributed by atoms with Crippen LogP contribution in [0.4, 0.5) is 0 Å². The van der Waals surface area contributed by atoms with Crippen molar-refractivity contribution in [2.45, 2.75) is 37.3 Å². The molecule has 6 nitrogen and oxygen atoms in total. The zero-order chi connectivity index (χ0) is 13.3. The van der Waals surface area contributed by atoms with Crippen LogP contribution in [0.1, 0.15) is 36.2 Å². The highest BCUT2D eigenvalue weighted by Gasteiger charge is 2.47. The van der Waals surface area contributed by atoms with Crippen molar-refractivity contribution in [1.82, 2.24) is 20.6 Å². The molecule has 1 saturated carbocycles. The Kier molecular flexibility index (Phi) is 3.10. The van der Waals surface area contributed by atoms with Crippen LogP contribution >= 0.6 is 0 Å². The van der Waals surface area contributed by atoms with Gasteiger partial charge in [-0.05, 0) is 38.3 Å². The minimum Gasteiger partial charge on any atom is -0.467 e. The molecular weight excluding hydrogens is 244 g/mol. The number of fused-ring (bicyclic) bond motifs is 1. The van der Waals surface area contributed by atoms with Crippen LogP contribution in [0.2, 0.25) is 0 Å². The third-order valence-electron chi connectivity index (χ3n) is 4.16. The summed E-state index contributed by atoms with van der Waals surface area (Å²) >= 11 is 0. The summed E-state index contributed by atoms with van der Waals surface area (Å²) in [6.07, 6.45) is 5.86. The third kappa shape index (κ3) is 2.16. The van der Waals surface area contributed by atoms with E-state index in [1.165, 1.54) is 13.3 Å². The fourth-order valence-corrected chi connectivity index (χ4v) is 3.21. The van der Waals surface area contributed by atoms with Gasteiger partial charge in [-0.3, -0.25) is 4.79 Å². The average molecular weight is 262 g/mol. The number of hydrogen-bond acceptors (Lipinski definition) is 5. The van der Waals surface area contributed by atoms with E-state index >= 15 is 0 Å². The number of hydrogen-bond donors (Lipinski definition) is 2. The summed E-state index contributed by atoms with van der Waals surface area (Å²) in [6.45, 7) is 0.970. The zero-order valence-electron chi connectivity index (χ0n) is 11.0. The first-order valence-corrected chi connectivity index (χ1v) is 6.66. The Hall–Kier alpha value is -1.69. The predicted molar refractivity (Wildman–Crippen MR) is 69.0 cm³/mol. The Bertz CT molecular complexity index is 481. The van der Waals surface area contributed by atoms with Gasteiger partial charge in [-0.25, -0.2) is 4.98 Å². The average Bonchev–Trinajstić information content (AvgIpc) is 2.98. The number of aromatic nitrogens is 2. The molecule has 1 aromatic heterocycles. The van der Waals surface area contributed by atoms with Crippen molar-refractivity contribution in [3.05, 3.63) is 18.0 Å². The van der Waals surface area contributed by atoms with Gasteiger partial charge in [-0.1, -0.05) is 0 Å². The summed E-state index contributed by atoms with van der Waals surface area (Å²) in [5.41, 5.74) is 0.272. The largest absolute Gasteiger partial charge is 0.467 e. The van der Waals surface area contributed by atoms with Crippen LogP contribution in [-0.2, 0) is 0 Å². The van der Waals surface area contributed by atoms with Gasteiger partial charge in [0.15, 0.2) is 0 Å². The second-order valence-electron chi connectivity index (χ2n) is 5.19. The number of ether oxygens (including phenoxy) is 1. The first-order valence-electron chi connectivity index (χ1n) is 6.66. The molecule has 19 heavy (non-hydrogen) atoms. The summed E-state index contributed by atoms with van der Waals surface area (Å²) in [4.78, 5) is 20.3. The van der Waals surface area contributed by atoms with Crippen molar-refractivity contribution >= 4 is 5.91 Å². The molecule has 102 valence electrons. The first-order chi connectivity index (χ1) is 9.23. The topological polar surface area (TPSA) is 76.1 Å². The van der Waals surface area contributed by atoms with Crippen LogP contribution in [0.3, 0.4) is 0 Å². The summed E-state index contributed by atoms with van der Waals surface area (Å²) in [5, 5.41) is 6.64. The second-order valence-corrected chi connectivity index (χ2v) is 5.19. The van der Waals surface area contributed by atoms with Gasteiger partial charge in [0, 0.05) is 12.2 Å². The lowest BCUT2D eigenvalue weighted by Gasteiger charge is -2.29. The smallest absolute Gasteiger partial charge is 0.316 e. The molecule has 2 fully saturated rings. The molecule has 0 radical (unpaired) electrons. The molecule has 1 aliphatic heterocycles. The predicted octanol–water partition coefficient (Wildman–Crippen LogP) is 0.500. The molecule has 3 rings (SSSR count). The Balaban J connectivity index is 1.77. The van der Waals surface area contributed by atoms with Crippen molar-refractivity contribution < 1.29 is 9.53 Å². The molecule has 2 unspecified atom stereocenters. The molecule has 2 heterocycles. The van der Waals surface area contributed by atoms with Gasteiger partial charge in [0.25, 0.3) is 5.91 Å².